The van der Waals surface area contributed by atoms with Crippen molar-refractivity contribution in [2.45, 2.75) is 40.2 Å². The highest BCUT2D eigenvalue weighted by atomic mass is 16.2. The lowest BCUT2D eigenvalue weighted by atomic mass is 9.91. The molecule has 1 amide bonds. The van der Waals surface area contributed by atoms with E-state index in [1.54, 1.807) is 0 Å². The molecule has 3 heteroatoms. The van der Waals surface area contributed by atoms with Crippen molar-refractivity contribution in [2.24, 2.45) is 11.8 Å². The van der Waals surface area contributed by atoms with Gasteiger partial charge in [-0.1, -0.05) is 26.0 Å². The molecule has 1 saturated heterocycles. The Labute approximate surface area is 122 Å². The Hall–Kier alpha value is -1.35. The first-order chi connectivity index (χ1) is 9.45. The predicted molar refractivity (Wildman–Crippen MR) is 82.9 cm³/mol. The molecule has 0 saturated carbocycles. The average molecular weight is 275 g/mol. The van der Waals surface area contributed by atoms with Crippen LogP contribution in [0.3, 0.4) is 0 Å². The van der Waals surface area contributed by atoms with Gasteiger partial charge in [0.25, 0.3) is 5.91 Å². The van der Waals surface area contributed by atoms with Crippen molar-refractivity contribution in [2.75, 3.05) is 18.4 Å². The third-order valence-corrected chi connectivity index (χ3v) is 4.32. The minimum atomic E-state index is 0.0145. The number of piperidine rings is 1. The van der Waals surface area contributed by atoms with Gasteiger partial charge in [-0.25, -0.2) is 0 Å². The van der Waals surface area contributed by atoms with Crippen LogP contribution in [0.4, 0.5) is 5.69 Å². The number of hydrogen-bond acceptors (Lipinski definition) is 1. The number of carbonyl (C=O) groups excluding carboxylic acids is 1. The molecule has 0 spiro atoms. The zero-order valence-corrected chi connectivity index (χ0v) is 13.1. The average Bonchev–Trinajstić information content (AvgIpc) is 2.36. The summed E-state index contributed by atoms with van der Waals surface area (Å²) in [7, 11) is 0. The number of nitrogens with one attached hydrogen (secondary N) is 2. The van der Waals surface area contributed by atoms with Crippen LogP contribution < -0.4 is 10.2 Å². The number of hydrogen-bond donors (Lipinski definition) is 2. The number of carbonyl (C=O) groups is 1. The normalized spacial score (nSPS) is 27.9. The zero-order chi connectivity index (χ0) is 14.7. The second-order valence-electron chi connectivity index (χ2n) is 6.59. The van der Waals surface area contributed by atoms with Gasteiger partial charge in [-0.05, 0) is 38.0 Å². The van der Waals surface area contributed by atoms with Crippen LogP contribution in [-0.4, -0.2) is 25.0 Å². The summed E-state index contributed by atoms with van der Waals surface area (Å²) in [5.41, 5.74) is 2.07. The molecule has 1 heterocycles. The van der Waals surface area contributed by atoms with E-state index in [-0.39, 0.29) is 11.9 Å². The highest BCUT2D eigenvalue weighted by Gasteiger charge is 2.32. The fraction of sp³-hybridized carbons (Fsp3) is 0.588. The summed E-state index contributed by atoms with van der Waals surface area (Å²) in [4.78, 5) is 13.8. The van der Waals surface area contributed by atoms with E-state index in [1.807, 2.05) is 38.1 Å². The van der Waals surface area contributed by atoms with E-state index in [9.17, 15) is 4.79 Å². The molecular weight excluding hydrogens is 248 g/mol. The molecule has 0 aromatic heterocycles. The van der Waals surface area contributed by atoms with Gasteiger partial charge < -0.3 is 10.2 Å². The Bertz CT molecular complexity index is 462. The van der Waals surface area contributed by atoms with E-state index < -0.39 is 0 Å². The highest BCUT2D eigenvalue weighted by molar-refractivity contribution is 5.93. The molecule has 1 aliphatic heterocycles. The van der Waals surface area contributed by atoms with Crippen LogP contribution in [0.5, 0.6) is 0 Å². The van der Waals surface area contributed by atoms with Gasteiger partial charge >= 0.3 is 0 Å². The molecule has 0 radical (unpaired) electrons. The second-order valence-corrected chi connectivity index (χ2v) is 6.59. The molecule has 2 N–H and O–H groups in total. The Balaban J connectivity index is 1.98. The molecule has 1 aromatic rings. The second kappa shape index (κ2) is 6.40. The lowest BCUT2D eigenvalue weighted by molar-refractivity contribution is -0.925. The number of aryl methyl sites for hydroxylation is 1. The van der Waals surface area contributed by atoms with E-state index >= 15 is 0 Å². The maximum absolute atomic E-state index is 12.4. The van der Waals surface area contributed by atoms with Crippen molar-refractivity contribution in [1.82, 2.24) is 0 Å². The maximum Gasteiger partial charge on any atom is 0.282 e. The van der Waals surface area contributed by atoms with Crippen molar-refractivity contribution < 1.29 is 9.69 Å². The monoisotopic (exact) mass is 275 g/mol. The largest absolute Gasteiger partial charge is 0.324 e. The van der Waals surface area contributed by atoms with Gasteiger partial charge in [0.15, 0.2) is 6.04 Å². The molecule has 0 bridgehead atoms. The Morgan fingerprint density at radius 3 is 2.55 bits per heavy atom. The minimum absolute atomic E-state index is 0.0145. The maximum atomic E-state index is 12.4. The molecule has 1 aromatic carbocycles. The van der Waals surface area contributed by atoms with E-state index in [0.717, 1.165) is 18.8 Å². The summed E-state index contributed by atoms with van der Waals surface area (Å²) in [5.74, 6) is 1.55. The van der Waals surface area contributed by atoms with Crippen molar-refractivity contribution >= 4 is 11.6 Å². The summed E-state index contributed by atoms with van der Waals surface area (Å²) in [6, 6.07) is 8.00. The molecule has 3 nitrogen and oxygen atoms in total. The fourth-order valence-corrected chi connectivity index (χ4v) is 3.34. The molecule has 0 unspecified atom stereocenters. The van der Waals surface area contributed by atoms with Crippen molar-refractivity contribution in [3.8, 4) is 0 Å². The first-order valence-electron chi connectivity index (χ1n) is 7.67. The first kappa shape index (κ1) is 15.0. The Morgan fingerprint density at radius 2 is 1.95 bits per heavy atom. The summed E-state index contributed by atoms with van der Waals surface area (Å²) in [5, 5.41) is 3.05. The van der Waals surface area contributed by atoms with Crippen molar-refractivity contribution in [3.05, 3.63) is 29.8 Å². The molecule has 0 aliphatic carbocycles. The fourth-order valence-electron chi connectivity index (χ4n) is 3.34. The van der Waals surface area contributed by atoms with E-state index in [1.165, 1.54) is 16.9 Å². The number of rotatable bonds is 3. The van der Waals surface area contributed by atoms with Gasteiger partial charge in [-0.3, -0.25) is 4.79 Å². The van der Waals surface area contributed by atoms with Crippen LogP contribution in [0.25, 0.3) is 0 Å². The molecule has 20 heavy (non-hydrogen) atoms. The van der Waals surface area contributed by atoms with Crippen molar-refractivity contribution in [3.63, 3.8) is 0 Å². The van der Waals surface area contributed by atoms with E-state index in [4.69, 9.17) is 0 Å². The zero-order valence-electron chi connectivity index (χ0n) is 13.1. The predicted octanol–water partition coefficient (Wildman–Crippen LogP) is 1.88. The lowest BCUT2D eigenvalue weighted by Gasteiger charge is -2.35. The molecule has 1 fully saturated rings. The Kier molecular flexibility index (Phi) is 4.81. The topological polar surface area (TPSA) is 33.5 Å². The lowest BCUT2D eigenvalue weighted by Crippen LogP contribution is -3.18. The first-order valence-corrected chi connectivity index (χ1v) is 7.67. The summed E-state index contributed by atoms with van der Waals surface area (Å²) < 4.78 is 0. The summed E-state index contributed by atoms with van der Waals surface area (Å²) in [6.07, 6.45) is 1.29. The summed E-state index contributed by atoms with van der Waals surface area (Å²) in [6.45, 7) is 10.9. The van der Waals surface area contributed by atoms with Gasteiger partial charge in [0.2, 0.25) is 0 Å². The highest BCUT2D eigenvalue weighted by Crippen LogP contribution is 2.13. The SMILES string of the molecule is Cc1cccc(NC(=O)[C@@H](C)[NH+]2C[C@@H](C)C[C@H](C)C2)c1. The minimum Gasteiger partial charge on any atom is -0.324 e. The van der Waals surface area contributed by atoms with Crippen LogP contribution in [0.2, 0.25) is 0 Å². The van der Waals surface area contributed by atoms with Gasteiger partial charge in [-0.15, -0.1) is 0 Å². The van der Waals surface area contributed by atoms with Crippen molar-refractivity contribution in [1.29, 1.82) is 0 Å². The molecule has 3 atom stereocenters. The number of amides is 1. The van der Waals surface area contributed by atoms with Crippen LogP contribution in [0.15, 0.2) is 24.3 Å². The quantitative estimate of drug-likeness (QED) is 0.868. The number of benzene rings is 1. The van der Waals surface area contributed by atoms with Gasteiger partial charge in [-0.2, -0.15) is 0 Å². The third kappa shape index (κ3) is 3.83. The smallest absolute Gasteiger partial charge is 0.282 e. The molecule has 110 valence electrons. The summed E-state index contributed by atoms with van der Waals surface area (Å²) >= 11 is 0. The number of quaternary nitrogens is 1. The third-order valence-electron chi connectivity index (χ3n) is 4.32. The van der Waals surface area contributed by atoms with E-state index in [0.29, 0.717) is 11.8 Å². The molecule has 2 rings (SSSR count). The standard InChI is InChI=1S/C17H26N2O/c1-12-6-5-7-16(9-12)18-17(20)15(4)19-10-13(2)8-14(3)11-19/h5-7,9,13-15H,8,10-11H2,1-4H3,(H,18,20)/p+1/t13-,14-,15+/m0/s1. The van der Waals surface area contributed by atoms with Gasteiger partial charge in [0, 0.05) is 17.5 Å². The van der Waals surface area contributed by atoms with Crippen LogP contribution in [-0.2, 0) is 4.79 Å². The van der Waals surface area contributed by atoms with Crippen LogP contribution in [0, 0.1) is 18.8 Å². The molecule has 1 aliphatic rings. The number of anilines is 1. The molecular formula is C17H27N2O+. The number of likely N-dealkylation sites (tertiary alicyclic amines) is 1. The Morgan fingerprint density at radius 1 is 1.30 bits per heavy atom. The van der Waals surface area contributed by atoms with E-state index in [2.05, 4.69) is 19.2 Å². The van der Waals surface area contributed by atoms with Gasteiger partial charge in [0.05, 0.1) is 13.1 Å². The van der Waals surface area contributed by atoms with Crippen LogP contribution in [0.1, 0.15) is 32.8 Å². The van der Waals surface area contributed by atoms with Crippen LogP contribution >= 0.6 is 0 Å². The van der Waals surface area contributed by atoms with Gasteiger partial charge in [0.1, 0.15) is 0 Å².